The van der Waals surface area contributed by atoms with E-state index in [-0.39, 0.29) is 17.2 Å². The Hall–Kier alpha value is -1.49. The summed E-state index contributed by atoms with van der Waals surface area (Å²) in [6.07, 6.45) is 1.99. The maximum absolute atomic E-state index is 12.4. The molecule has 1 aliphatic rings. The van der Waals surface area contributed by atoms with Crippen LogP contribution >= 0.6 is 11.8 Å². The Balaban J connectivity index is 1.97. The molecule has 1 heterocycles. The highest BCUT2D eigenvalue weighted by Crippen LogP contribution is 2.28. The van der Waals surface area contributed by atoms with E-state index < -0.39 is 5.91 Å². The Morgan fingerprint density at radius 1 is 1.48 bits per heavy atom. The van der Waals surface area contributed by atoms with E-state index >= 15 is 0 Å². The molecule has 0 spiro atoms. The maximum atomic E-state index is 12.4. The molecule has 1 aromatic rings. The molecule has 114 valence electrons. The number of hydrogen-bond acceptors (Lipinski definition) is 3. The number of piperidine rings is 1. The van der Waals surface area contributed by atoms with Gasteiger partial charge in [-0.2, -0.15) is 0 Å². The summed E-state index contributed by atoms with van der Waals surface area (Å²) in [7, 11) is 0. The number of carbonyl (C=O) groups excluding carboxylic acids is 2. The smallest absolute Gasteiger partial charge is 0.248 e. The topological polar surface area (TPSA) is 63.4 Å². The average Bonchev–Trinajstić information content (AvgIpc) is 2.46. The zero-order valence-corrected chi connectivity index (χ0v) is 13.4. The van der Waals surface area contributed by atoms with Crippen LogP contribution in [-0.2, 0) is 10.5 Å². The van der Waals surface area contributed by atoms with Crippen LogP contribution in [0.1, 0.15) is 42.6 Å². The Morgan fingerprint density at radius 3 is 2.90 bits per heavy atom. The van der Waals surface area contributed by atoms with Crippen LogP contribution in [0.15, 0.2) is 24.3 Å². The number of primary amides is 1. The van der Waals surface area contributed by atoms with Crippen molar-refractivity contribution in [2.45, 2.75) is 43.7 Å². The van der Waals surface area contributed by atoms with E-state index in [0.717, 1.165) is 30.7 Å². The maximum Gasteiger partial charge on any atom is 0.248 e. The monoisotopic (exact) mass is 306 g/mol. The number of nitrogens with zero attached hydrogens (tertiary/aromatic N) is 1. The average molecular weight is 306 g/mol. The van der Waals surface area contributed by atoms with Crippen molar-refractivity contribution >= 4 is 23.6 Å². The van der Waals surface area contributed by atoms with Crippen LogP contribution in [0.3, 0.4) is 0 Å². The molecule has 0 aromatic heterocycles. The zero-order chi connectivity index (χ0) is 15.4. The van der Waals surface area contributed by atoms with Crippen LogP contribution in [0.5, 0.6) is 0 Å². The molecule has 2 rings (SSSR count). The third-order valence-electron chi connectivity index (χ3n) is 3.71. The lowest BCUT2D eigenvalue weighted by Gasteiger charge is -2.34. The van der Waals surface area contributed by atoms with Crippen LogP contribution in [0.4, 0.5) is 0 Å². The van der Waals surface area contributed by atoms with E-state index in [1.54, 1.807) is 17.8 Å². The minimum absolute atomic E-state index is 0.0263. The molecule has 1 aromatic carbocycles. The molecule has 2 N–H and O–H groups in total. The summed E-state index contributed by atoms with van der Waals surface area (Å²) in [4.78, 5) is 25.5. The Labute approximate surface area is 130 Å². The molecule has 0 aliphatic carbocycles. The van der Waals surface area contributed by atoms with Gasteiger partial charge in [0.05, 0.1) is 5.25 Å². The molecule has 21 heavy (non-hydrogen) atoms. The first-order valence-corrected chi connectivity index (χ1v) is 8.34. The standard InChI is InChI=1S/C16H22N2O2S/c1-11(2)18-8-4-7-14(16(18)20)21-10-12-5-3-6-13(9-12)15(17)19/h3,5-6,9,11,14H,4,7-8,10H2,1-2H3,(H2,17,19)/t14-/m1/s1. The molecule has 1 atom stereocenters. The van der Waals surface area contributed by atoms with Crippen LogP contribution in [0.2, 0.25) is 0 Å². The number of carbonyl (C=O) groups is 2. The van der Waals surface area contributed by atoms with Gasteiger partial charge in [0.2, 0.25) is 11.8 Å². The van der Waals surface area contributed by atoms with Gasteiger partial charge in [-0.1, -0.05) is 12.1 Å². The molecular weight excluding hydrogens is 284 g/mol. The van der Waals surface area contributed by atoms with Gasteiger partial charge >= 0.3 is 0 Å². The number of thioether (sulfide) groups is 1. The van der Waals surface area contributed by atoms with Crippen LogP contribution in [-0.4, -0.2) is 34.6 Å². The predicted octanol–water partition coefficient (Wildman–Crippen LogP) is 2.42. The first-order chi connectivity index (χ1) is 9.99. The Bertz CT molecular complexity index is 531. The van der Waals surface area contributed by atoms with Gasteiger partial charge in [0.25, 0.3) is 0 Å². The molecule has 0 radical (unpaired) electrons. The fraction of sp³-hybridized carbons (Fsp3) is 0.500. The second-order valence-corrected chi connectivity index (χ2v) is 6.82. The van der Waals surface area contributed by atoms with E-state index in [4.69, 9.17) is 5.73 Å². The largest absolute Gasteiger partial charge is 0.366 e. The van der Waals surface area contributed by atoms with Crippen molar-refractivity contribution in [1.29, 1.82) is 0 Å². The Kier molecular flexibility index (Phi) is 5.28. The second kappa shape index (κ2) is 6.98. The summed E-state index contributed by atoms with van der Waals surface area (Å²) in [6, 6.07) is 7.58. The van der Waals surface area contributed by atoms with E-state index in [1.807, 2.05) is 23.1 Å². The van der Waals surface area contributed by atoms with Crippen LogP contribution < -0.4 is 5.73 Å². The number of nitrogens with two attached hydrogens (primary N) is 1. The summed E-state index contributed by atoms with van der Waals surface area (Å²) in [5.41, 5.74) is 6.84. The molecule has 2 amide bonds. The normalized spacial score (nSPS) is 19.1. The van der Waals surface area contributed by atoms with Gasteiger partial charge in [0.15, 0.2) is 0 Å². The van der Waals surface area contributed by atoms with Crippen molar-refractivity contribution in [3.05, 3.63) is 35.4 Å². The molecule has 0 bridgehead atoms. The van der Waals surface area contributed by atoms with E-state index in [1.165, 1.54) is 0 Å². The lowest BCUT2D eigenvalue weighted by atomic mass is 10.1. The van der Waals surface area contributed by atoms with Crippen molar-refractivity contribution in [3.63, 3.8) is 0 Å². The third-order valence-corrected chi connectivity index (χ3v) is 5.05. The van der Waals surface area contributed by atoms with Crippen molar-refractivity contribution in [1.82, 2.24) is 4.90 Å². The van der Waals surface area contributed by atoms with Crippen molar-refractivity contribution in [2.24, 2.45) is 5.73 Å². The number of hydrogen-bond donors (Lipinski definition) is 1. The van der Waals surface area contributed by atoms with Crippen molar-refractivity contribution in [3.8, 4) is 0 Å². The minimum atomic E-state index is -0.415. The predicted molar refractivity (Wildman–Crippen MR) is 86.1 cm³/mol. The molecule has 1 aliphatic heterocycles. The van der Waals surface area contributed by atoms with E-state index in [0.29, 0.717) is 5.56 Å². The van der Waals surface area contributed by atoms with Gasteiger partial charge < -0.3 is 10.6 Å². The highest BCUT2D eigenvalue weighted by atomic mass is 32.2. The first kappa shape index (κ1) is 15.9. The van der Waals surface area contributed by atoms with Crippen molar-refractivity contribution in [2.75, 3.05) is 6.54 Å². The summed E-state index contributed by atoms with van der Waals surface area (Å²) in [5.74, 6) is 0.553. The number of amides is 2. The molecular formula is C16H22N2O2S. The van der Waals surface area contributed by atoms with Crippen LogP contribution in [0, 0.1) is 0 Å². The molecule has 5 heteroatoms. The van der Waals surface area contributed by atoms with Gasteiger partial charge in [0, 0.05) is 23.9 Å². The summed E-state index contributed by atoms with van der Waals surface area (Å²) >= 11 is 1.66. The quantitative estimate of drug-likeness (QED) is 0.908. The van der Waals surface area contributed by atoms with Gasteiger partial charge in [-0.15, -0.1) is 11.8 Å². The second-order valence-electron chi connectivity index (χ2n) is 5.63. The zero-order valence-electron chi connectivity index (χ0n) is 12.5. The van der Waals surface area contributed by atoms with Gasteiger partial charge in [-0.25, -0.2) is 0 Å². The molecule has 1 saturated heterocycles. The fourth-order valence-electron chi connectivity index (χ4n) is 2.54. The third kappa shape index (κ3) is 4.00. The van der Waals surface area contributed by atoms with E-state index in [9.17, 15) is 9.59 Å². The lowest BCUT2D eigenvalue weighted by molar-refractivity contribution is -0.134. The SMILES string of the molecule is CC(C)N1CCC[C@@H](SCc2cccc(C(N)=O)c2)C1=O. The van der Waals surface area contributed by atoms with Gasteiger partial charge in [-0.05, 0) is 44.4 Å². The first-order valence-electron chi connectivity index (χ1n) is 7.30. The molecule has 0 unspecified atom stereocenters. The summed E-state index contributed by atoms with van der Waals surface area (Å²) < 4.78 is 0. The lowest BCUT2D eigenvalue weighted by Crippen LogP contribution is -2.46. The van der Waals surface area contributed by atoms with Gasteiger partial charge in [-0.3, -0.25) is 9.59 Å². The van der Waals surface area contributed by atoms with Crippen molar-refractivity contribution < 1.29 is 9.59 Å². The summed E-state index contributed by atoms with van der Waals surface area (Å²) in [5, 5.41) is 0.0263. The number of rotatable bonds is 5. The molecule has 1 fully saturated rings. The summed E-state index contributed by atoms with van der Waals surface area (Å²) in [6.45, 7) is 4.98. The fourth-order valence-corrected chi connectivity index (χ4v) is 3.73. The molecule has 4 nitrogen and oxygen atoms in total. The molecule has 0 saturated carbocycles. The van der Waals surface area contributed by atoms with Gasteiger partial charge in [0.1, 0.15) is 0 Å². The highest BCUT2D eigenvalue weighted by molar-refractivity contribution is 7.99. The highest BCUT2D eigenvalue weighted by Gasteiger charge is 2.30. The number of benzene rings is 1. The van der Waals surface area contributed by atoms with E-state index in [2.05, 4.69) is 13.8 Å². The minimum Gasteiger partial charge on any atom is -0.366 e. The number of likely N-dealkylation sites (tertiary alicyclic amines) is 1. The van der Waals surface area contributed by atoms with Crippen LogP contribution in [0.25, 0.3) is 0 Å². The Morgan fingerprint density at radius 2 is 2.24 bits per heavy atom.